The highest BCUT2D eigenvalue weighted by Crippen LogP contribution is 2.29. The number of aromatic hydroxyl groups is 1. The molecule has 0 radical (unpaired) electrons. The van der Waals surface area contributed by atoms with E-state index < -0.39 is 0 Å². The molecule has 5 nitrogen and oxygen atoms in total. The molecule has 0 fully saturated rings. The molecular weight excluding hydrogens is 264 g/mol. The molecule has 0 aliphatic carbocycles. The first-order valence-corrected chi connectivity index (χ1v) is 7.02. The van der Waals surface area contributed by atoms with Gasteiger partial charge in [-0.05, 0) is 12.1 Å². The minimum absolute atomic E-state index is 0.120. The summed E-state index contributed by atoms with van der Waals surface area (Å²) in [5.41, 5.74) is 8.05. The Hall–Kier alpha value is -2.14. The van der Waals surface area contributed by atoms with Gasteiger partial charge in [0.05, 0.1) is 17.6 Å². The molecule has 2 aromatic rings. The lowest BCUT2D eigenvalue weighted by Crippen LogP contribution is -2.21. The third-order valence-corrected chi connectivity index (χ3v) is 3.06. The Labute approximate surface area is 125 Å². The maximum Gasteiger partial charge on any atom is 0.159 e. The monoisotopic (exact) mass is 286 g/mol. The number of aromatic nitrogens is 2. The summed E-state index contributed by atoms with van der Waals surface area (Å²) in [6.45, 7) is 7.55. The highest BCUT2D eigenvalue weighted by Gasteiger charge is 2.21. The van der Waals surface area contributed by atoms with Crippen molar-refractivity contribution in [1.82, 2.24) is 9.97 Å². The first-order chi connectivity index (χ1) is 9.91. The van der Waals surface area contributed by atoms with Crippen molar-refractivity contribution in [2.24, 2.45) is 5.73 Å². The van der Waals surface area contributed by atoms with Crippen LogP contribution in [0.15, 0.2) is 30.5 Å². The fraction of sp³-hybridized carbons (Fsp3) is 0.375. The minimum Gasteiger partial charge on any atom is -0.508 e. The number of phenols is 1. The van der Waals surface area contributed by atoms with E-state index in [2.05, 4.69) is 36.1 Å². The second-order valence-corrected chi connectivity index (χ2v) is 5.97. The first kappa shape index (κ1) is 15.3. The van der Waals surface area contributed by atoms with Gasteiger partial charge >= 0.3 is 0 Å². The standard InChI is InChI=1S/C16H22N4O/c1-16(2,3)14-13(18-8-7-17)10-19-15(20-14)11-5-4-6-12(21)9-11/h4-6,9-10,18,21H,7-8,17H2,1-3H3. The van der Waals surface area contributed by atoms with Crippen molar-refractivity contribution in [3.05, 3.63) is 36.2 Å². The Morgan fingerprint density at radius 3 is 2.67 bits per heavy atom. The van der Waals surface area contributed by atoms with Crippen LogP contribution in [0.2, 0.25) is 0 Å². The number of hydrogen-bond donors (Lipinski definition) is 3. The molecule has 0 aliphatic rings. The van der Waals surface area contributed by atoms with Crippen LogP contribution in [0.1, 0.15) is 26.5 Å². The third-order valence-electron chi connectivity index (χ3n) is 3.06. The van der Waals surface area contributed by atoms with Gasteiger partial charge in [0.15, 0.2) is 5.82 Å². The number of hydrogen-bond acceptors (Lipinski definition) is 5. The molecule has 1 aromatic carbocycles. The lowest BCUT2D eigenvalue weighted by atomic mass is 9.90. The van der Waals surface area contributed by atoms with Crippen LogP contribution in [0.4, 0.5) is 5.69 Å². The maximum atomic E-state index is 9.59. The number of nitrogens with one attached hydrogen (secondary N) is 1. The average Bonchev–Trinajstić information content (AvgIpc) is 2.44. The topological polar surface area (TPSA) is 84.1 Å². The van der Waals surface area contributed by atoms with E-state index in [9.17, 15) is 5.11 Å². The van der Waals surface area contributed by atoms with E-state index in [1.807, 2.05) is 6.07 Å². The summed E-state index contributed by atoms with van der Waals surface area (Å²) in [5, 5.41) is 12.9. The van der Waals surface area contributed by atoms with Crippen LogP contribution < -0.4 is 11.1 Å². The minimum atomic E-state index is -0.120. The molecule has 0 saturated heterocycles. The molecule has 0 saturated carbocycles. The summed E-state index contributed by atoms with van der Waals surface area (Å²) < 4.78 is 0. The SMILES string of the molecule is CC(C)(C)c1nc(-c2cccc(O)c2)ncc1NCCN. The van der Waals surface area contributed by atoms with Crippen LogP contribution in [0, 0.1) is 0 Å². The number of anilines is 1. The summed E-state index contributed by atoms with van der Waals surface area (Å²) in [4.78, 5) is 9.07. The number of benzene rings is 1. The zero-order valence-corrected chi connectivity index (χ0v) is 12.7. The van der Waals surface area contributed by atoms with Crippen molar-refractivity contribution in [3.63, 3.8) is 0 Å². The molecule has 0 atom stereocenters. The van der Waals surface area contributed by atoms with Gasteiger partial charge in [0, 0.05) is 24.1 Å². The first-order valence-electron chi connectivity index (χ1n) is 7.02. The van der Waals surface area contributed by atoms with Crippen molar-refractivity contribution in [3.8, 4) is 17.1 Å². The molecular formula is C16H22N4O. The lowest BCUT2D eigenvalue weighted by molar-refractivity contribution is 0.475. The number of nitrogens with two attached hydrogens (primary N) is 1. The fourth-order valence-corrected chi connectivity index (χ4v) is 2.07. The van der Waals surface area contributed by atoms with Crippen molar-refractivity contribution < 1.29 is 5.11 Å². The van der Waals surface area contributed by atoms with Crippen molar-refractivity contribution in [2.75, 3.05) is 18.4 Å². The van der Waals surface area contributed by atoms with Gasteiger partial charge in [-0.2, -0.15) is 0 Å². The van der Waals surface area contributed by atoms with Crippen LogP contribution in [-0.4, -0.2) is 28.2 Å². The second-order valence-electron chi connectivity index (χ2n) is 5.97. The summed E-state index contributed by atoms with van der Waals surface area (Å²) in [7, 11) is 0. The average molecular weight is 286 g/mol. The number of phenolic OH excluding ortho intramolecular Hbond substituents is 1. The predicted octanol–water partition coefficient (Wildman–Crippen LogP) is 2.52. The largest absolute Gasteiger partial charge is 0.508 e. The molecule has 0 bridgehead atoms. The van der Waals surface area contributed by atoms with Gasteiger partial charge in [-0.1, -0.05) is 32.9 Å². The number of nitrogens with zero attached hydrogens (tertiary/aromatic N) is 2. The van der Waals surface area contributed by atoms with E-state index in [4.69, 9.17) is 5.73 Å². The summed E-state index contributed by atoms with van der Waals surface area (Å²) in [5.74, 6) is 0.813. The van der Waals surface area contributed by atoms with Gasteiger partial charge in [-0.3, -0.25) is 0 Å². The number of rotatable bonds is 4. The lowest BCUT2D eigenvalue weighted by Gasteiger charge is -2.22. The van der Waals surface area contributed by atoms with E-state index in [0.717, 1.165) is 16.9 Å². The van der Waals surface area contributed by atoms with Crippen LogP contribution >= 0.6 is 0 Å². The molecule has 0 aliphatic heterocycles. The zero-order valence-electron chi connectivity index (χ0n) is 12.7. The Kier molecular flexibility index (Phi) is 4.43. The Morgan fingerprint density at radius 2 is 2.05 bits per heavy atom. The van der Waals surface area contributed by atoms with Crippen molar-refractivity contribution in [2.45, 2.75) is 26.2 Å². The quantitative estimate of drug-likeness (QED) is 0.804. The Balaban J connectivity index is 2.46. The Morgan fingerprint density at radius 1 is 1.29 bits per heavy atom. The molecule has 112 valence electrons. The van der Waals surface area contributed by atoms with E-state index >= 15 is 0 Å². The molecule has 0 unspecified atom stereocenters. The molecule has 0 amide bonds. The molecule has 21 heavy (non-hydrogen) atoms. The van der Waals surface area contributed by atoms with Crippen molar-refractivity contribution >= 4 is 5.69 Å². The Bertz CT molecular complexity index is 620. The van der Waals surface area contributed by atoms with Crippen LogP contribution in [-0.2, 0) is 5.41 Å². The smallest absolute Gasteiger partial charge is 0.159 e. The summed E-state index contributed by atoms with van der Waals surface area (Å²) in [6, 6.07) is 6.96. The van der Waals surface area contributed by atoms with Gasteiger partial charge in [0.25, 0.3) is 0 Å². The van der Waals surface area contributed by atoms with Gasteiger partial charge < -0.3 is 16.2 Å². The third kappa shape index (κ3) is 3.70. The van der Waals surface area contributed by atoms with Crippen LogP contribution in [0.3, 0.4) is 0 Å². The molecule has 4 N–H and O–H groups in total. The zero-order chi connectivity index (χ0) is 15.5. The molecule has 5 heteroatoms. The van der Waals surface area contributed by atoms with Gasteiger partial charge in [0.2, 0.25) is 0 Å². The second kappa shape index (κ2) is 6.10. The normalized spacial score (nSPS) is 11.4. The molecule has 0 spiro atoms. The highest BCUT2D eigenvalue weighted by atomic mass is 16.3. The van der Waals surface area contributed by atoms with Crippen LogP contribution in [0.25, 0.3) is 11.4 Å². The van der Waals surface area contributed by atoms with Gasteiger partial charge in [-0.15, -0.1) is 0 Å². The maximum absolute atomic E-state index is 9.59. The summed E-state index contributed by atoms with van der Waals surface area (Å²) in [6.07, 6.45) is 1.78. The van der Waals surface area contributed by atoms with Crippen molar-refractivity contribution in [1.29, 1.82) is 0 Å². The molecule has 1 heterocycles. The van der Waals surface area contributed by atoms with E-state index in [-0.39, 0.29) is 11.2 Å². The van der Waals surface area contributed by atoms with Gasteiger partial charge in [-0.25, -0.2) is 9.97 Å². The molecule has 1 aromatic heterocycles. The summed E-state index contributed by atoms with van der Waals surface area (Å²) >= 11 is 0. The predicted molar refractivity (Wildman–Crippen MR) is 85.4 cm³/mol. The van der Waals surface area contributed by atoms with E-state index in [1.165, 1.54) is 0 Å². The van der Waals surface area contributed by atoms with Gasteiger partial charge in [0.1, 0.15) is 5.75 Å². The fourth-order valence-electron chi connectivity index (χ4n) is 2.07. The van der Waals surface area contributed by atoms with E-state index in [1.54, 1.807) is 24.4 Å². The van der Waals surface area contributed by atoms with Crippen LogP contribution in [0.5, 0.6) is 5.75 Å². The molecule has 2 rings (SSSR count). The van der Waals surface area contributed by atoms with E-state index in [0.29, 0.717) is 18.9 Å². The highest BCUT2D eigenvalue weighted by molar-refractivity contribution is 5.60.